The van der Waals surface area contributed by atoms with Crippen molar-refractivity contribution in [2.75, 3.05) is 50.6 Å². The maximum Gasteiger partial charge on any atom is 0.355 e. The molecule has 5 aromatic rings. The van der Waals surface area contributed by atoms with E-state index in [1.54, 1.807) is 18.0 Å². The fraction of sp³-hybridized carbons (Fsp3) is 0.324. The highest BCUT2D eigenvalue weighted by Crippen LogP contribution is 2.33. The van der Waals surface area contributed by atoms with E-state index < -0.39 is 17.9 Å². The third-order valence-corrected chi connectivity index (χ3v) is 9.53. The Labute approximate surface area is 290 Å². The molecule has 0 aliphatic rings. The number of hydrogen-bond donors (Lipinski definition) is 4. The molecular weight excluding hydrogens is 670 g/mol. The van der Waals surface area contributed by atoms with Crippen molar-refractivity contribution in [3.63, 3.8) is 0 Å². The minimum atomic E-state index is -1.14. The van der Waals surface area contributed by atoms with Crippen LogP contribution < -0.4 is 15.0 Å². The Morgan fingerprint density at radius 1 is 1.12 bits per heavy atom. The molecule has 0 saturated carbocycles. The molecule has 15 heteroatoms. The topological polar surface area (TPSA) is 157 Å². The summed E-state index contributed by atoms with van der Waals surface area (Å²) in [6.07, 6.45) is 0.487. The van der Waals surface area contributed by atoms with Gasteiger partial charge in [0, 0.05) is 24.0 Å². The van der Waals surface area contributed by atoms with Crippen LogP contribution >= 0.6 is 22.7 Å². The third kappa shape index (κ3) is 9.46. The standard InChI is InChI=1S/C34H36FN7O5S2/c1-21-18-29(39-40-31(21)38-33-36-25-9-4-5-10-27(25)48-33)42(3)34-37-30(32(45)46)28(49-34)11-7-17-47-26-13-12-22(19-24(26)35)8-6-15-41(2)16-14-23(44)20-43/h4-5,9-10,12-13,18-19,23,43-44H,7,11,14-17,20H2,1-3H3,(H,45,46)(H,36,38,40)/t23-/m1/s1. The molecule has 0 radical (unpaired) electrons. The Hall–Kier alpha value is -4.72. The molecule has 0 aliphatic heterocycles. The fourth-order valence-corrected chi connectivity index (χ4v) is 6.56. The van der Waals surface area contributed by atoms with E-state index in [0.29, 0.717) is 64.7 Å². The number of benzene rings is 2. The van der Waals surface area contributed by atoms with Crippen LogP contribution in [-0.4, -0.2) is 92.9 Å². The van der Waals surface area contributed by atoms with E-state index in [1.165, 1.54) is 34.8 Å². The fourth-order valence-electron chi connectivity index (χ4n) is 4.63. The number of ether oxygens (including phenoxy) is 1. The van der Waals surface area contributed by atoms with E-state index in [0.717, 1.165) is 15.8 Å². The predicted octanol–water partition coefficient (Wildman–Crippen LogP) is 5.24. The van der Waals surface area contributed by atoms with Gasteiger partial charge in [-0.05, 0) is 75.2 Å². The van der Waals surface area contributed by atoms with E-state index >= 15 is 0 Å². The number of aryl methyl sites for hydroxylation is 2. The zero-order valence-electron chi connectivity index (χ0n) is 27.2. The van der Waals surface area contributed by atoms with Crippen LogP contribution in [0.25, 0.3) is 10.2 Å². The first-order valence-electron chi connectivity index (χ1n) is 15.4. The highest BCUT2D eigenvalue weighted by Gasteiger charge is 2.21. The lowest BCUT2D eigenvalue weighted by Gasteiger charge is -2.15. The molecule has 0 unspecified atom stereocenters. The molecule has 5 rings (SSSR count). The van der Waals surface area contributed by atoms with Crippen molar-refractivity contribution in [3.8, 4) is 17.6 Å². The van der Waals surface area contributed by atoms with Crippen LogP contribution in [-0.2, 0) is 6.42 Å². The second-order valence-corrected chi connectivity index (χ2v) is 13.3. The van der Waals surface area contributed by atoms with Crippen molar-refractivity contribution in [1.29, 1.82) is 0 Å². The number of carboxylic acids is 1. The molecule has 49 heavy (non-hydrogen) atoms. The average molecular weight is 706 g/mol. The van der Waals surface area contributed by atoms with Crippen molar-refractivity contribution in [2.45, 2.75) is 32.3 Å². The van der Waals surface area contributed by atoms with Crippen LogP contribution in [0, 0.1) is 24.6 Å². The SMILES string of the molecule is Cc1cc(N(C)c2nc(C(=O)O)c(CCCOc3ccc(C#CCN(C)CC[C@@H](O)CO)cc3F)s2)nnc1Nc1nc2ccccc2s1. The molecule has 0 fully saturated rings. The molecule has 0 bridgehead atoms. The number of para-hydroxylation sites is 1. The zero-order chi connectivity index (χ0) is 34.9. The lowest BCUT2D eigenvalue weighted by atomic mass is 10.2. The van der Waals surface area contributed by atoms with Gasteiger partial charge in [0.05, 0.1) is 36.1 Å². The van der Waals surface area contributed by atoms with Crippen molar-refractivity contribution in [1.82, 2.24) is 25.1 Å². The van der Waals surface area contributed by atoms with Gasteiger partial charge in [-0.1, -0.05) is 35.3 Å². The van der Waals surface area contributed by atoms with E-state index in [-0.39, 0.29) is 24.7 Å². The molecule has 256 valence electrons. The van der Waals surface area contributed by atoms with Crippen molar-refractivity contribution in [2.24, 2.45) is 0 Å². The number of nitrogens with one attached hydrogen (secondary N) is 1. The summed E-state index contributed by atoms with van der Waals surface area (Å²) < 4.78 is 21.4. The Balaban J connectivity index is 1.15. The Morgan fingerprint density at radius 3 is 2.67 bits per heavy atom. The summed E-state index contributed by atoms with van der Waals surface area (Å²) in [4.78, 5) is 25.1. The summed E-state index contributed by atoms with van der Waals surface area (Å²) in [6.45, 7) is 2.78. The smallest absolute Gasteiger partial charge is 0.355 e. The summed E-state index contributed by atoms with van der Waals surface area (Å²) in [5.41, 5.74) is 2.18. The zero-order valence-corrected chi connectivity index (χ0v) is 28.8. The van der Waals surface area contributed by atoms with Crippen LogP contribution in [0.4, 0.5) is 26.3 Å². The van der Waals surface area contributed by atoms with Crippen LogP contribution in [0.15, 0.2) is 48.5 Å². The highest BCUT2D eigenvalue weighted by atomic mass is 32.1. The first kappa shape index (κ1) is 35.6. The molecule has 0 amide bonds. The molecular formula is C34H36FN7O5S2. The quantitative estimate of drug-likeness (QED) is 0.0831. The number of carboxylic acid groups (broad SMARTS) is 1. The summed E-state index contributed by atoms with van der Waals surface area (Å²) in [7, 11) is 3.60. The second-order valence-electron chi connectivity index (χ2n) is 11.2. The highest BCUT2D eigenvalue weighted by molar-refractivity contribution is 7.22. The summed E-state index contributed by atoms with van der Waals surface area (Å²) in [6, 6.07) is 14.2. The van der Waals surface area contributed by atoms with Gasteiger partial charge < -0.3 is 30.3 Å². The molecule has 0 spiro atoms. The summed E-state index contributed by atoms with van der Waals surface area (Å²) >= 11 is 2.76. The Bertz CT molecular complexity index is 1940. The monoisotopic (exact) mass is 705 g/mol. The summed E-state index contributed by atoms with van der Waals surface area (Å²) in [5, 5.41) is 41.3. The summed E-state index contributed by atoms with van der Waals surface area (Å²) in [5.74, 6) is 5.35. The molecule has 3 aromatic heterocycles. The first-order chi connectivity index (χ1) is 23.6. The van der Waals surface area contributed by atoms with Gasteiger partial charge >= 0.3 is 5.97 Å². The molecule has 12 nitrogen and oxygen atoms in total. The van der Waals surface area contributed by atoms with Crippen LogP contribution in [0.5, 0.6) is 5.75 Å². The number of aliphatic hydroxyl groups is 2. The largest absolute Gasteiger partial charge is 0.491 e. The first-order valence-corrected chi connectivity index (χ1v) is 17.1. The molecule has 1 atom stereocenters. The number of fused-ring (bicyclic) bond motifs is 1. The molecule has 0 aliphatic carbocycles. The predicted molar refractivity (Wildman–Crippen MR) is 189 cm³/mol. The molecule has 0 saturated heterocycles. The van der Waals surface area contributed by atoms with Gasteiger partial charge in [0.25, 0.3) is 0 Å². The minimum Gasteiger partial charge on any atom is -0.491 e. The number of rotatable bonds is 15. The third-order valence-electron chi connectivity index (χ3n) is 7.38. The Morgan fingerprint density at radius 2 is 1.94 bits per heavy atom. The number of carbonyl (C=O) groups is 1. The average Bonchev–Trinajstić information content (AvgIpc) is 3.71. The van der Waals surface area contributed by atoms with Gasteiger partial charge in [-0.3, -0.25) is 4.90 Å². The van der Waals surface area contributed by atoms with Crippen molar-refractivity contribution in [3.05, 3.63) is 76.0 Å². The minimum absolute atomic E-state index is 0.0463. The molecule has 4 N–H and O–H groups in total. The van der Waals surface area contributed by atoms with E-state index in [9.17, 15) is 19.4 Å². The van der Waals surface area contributed by atoms with Gasteiger partial charge in [0.2, 0.25) is 0 Å². The number of aromatic nitrogens is 4. The van der Waals surface area contributed by atoms with E-state index in [4.69, 9.17) is 9.84 Å². The number of thiazole rings is 2. The number of nitrogens with zero attached hydrogens (tertiary/aromatic N) is 6. The Kier molecular flexibility index (Phi) is 12.1. The lowest BCUT2D eigenvalue weighted by Crippen LogP contribution is -2.25. The van der Waals surface area contributed by atoms with Gasteiger partial charge in [-0.2, -0.15) is 0 Å². The van der Waals surface area contributed by atoms with Crippen LogP contribution in [0.2, 0.25) is 0 Å². The van der Waals surface area contributed by atoms with E-state index in [1.807, 2.05) is 49.2 Å². The van der Waals surface area contributed by atoms with Crippen LogP contribution in [0.3, 0.4) is 0 Å². The maximum absolute atomic E-state index is 14.7. The van der Waals surface area contributed by atoms with Gasteiger partial charge in [0.15, 0.2) is 39.2 Å². The van der Waals surface area contributed by atoms with Crippen molar-refractivity contribution < 1.29 is 29.2 Å². The van der Waals surface area contributed by atoms with Crippen molar-refractivity contribution >= 4 is 60.8 Å². The van der Waals surface area contributed by atoms with E-state index in [2.05, 4.69) is 37.3 Å². The number of anilines is 4. The molecule has 3 heterocycles. The lowest BCUT2D eigenvalue weighted by molar-refractivity contribution is 0.0690. The van der Waals surface area contributed by atoms with Gasteiger partial charge in [-0.15, -0.1) is 21.5 Å². The normalized spacial score (nSPS) is 11.7. The van der Waals surface area contributed by atoms with Gasteiger partial charge in [-0.25, -0.2) is 19.2 Å². The number of aliphatic hydroxyl groups excluding tert-OH is 2. The number of halogens is 1. The number of hydrogen-bond acceptors (Lipinski definition) is 13. The van der Waals surface area contributed by atoms with Gasteiger partial charge in [0.1, 0.15) is 0 Å². The molecule has 2 aromatic carbocycles. The number of aromatic carboxylic acids is 1. The van der Waals surface area contributed by atoms with Crippen LogP contribution in [0.1, 0.15) is 39.3 Å². The maximum atomic E-state index is 14.7. The second kappa shape index (κ2) is 16.6.